The van der Waals surface area contributed by atoms with Gasteiger partial charge in [-0.15, -0.1) is 0 Å². The number of primary amides is 1. The molecule has 0 bridgehead atoms. The van der Waals surface area contributed by atoms with Crippen LogP contribution in [-0.2, 0) is 0 Å². The fraction of sp³-hybridized carbons (Fsp3) is 0.0500. The Morgan fingerprint density at radius 3 is 2.00 bits per heavy atom. The number of aryl methyl sites for hydroxylation is 1. The van der Waals surface area contributed by atoms with Crippen LogP contribution in [0.25, 0.3) is 0 Å². The van der Waals surface area contributed by atoms with E-state index in [1.54, 1.807) is 61.5 Å². The Balaban J connectivity index is 1.76. The Hall–Kier alpha value is -3.34. The Morgan fingerprint density at radius 1 is 0.840 bits per heavy atom. The molecule has 3 aromatic rings. The Kier molecular flexibility index (Phi) is 4.66. The van der Waals surface area contributed by atoms with Crippen molar-refractivity contribution in [2.75, 3.05) is 0 Å². The number of nitrogens with two attached hydrogens (primary N) is 1. The van der Waals surface area contributed by atoms with Crippen LogP contribution in [0.1, 0.15) is 15.9 Å². The molecule has 0 radical (unpaired) electrons. The van der Waals surface area contributed by atoms with E-state index < -0.39 is 5.91 Å². The second-order valence-electron chi connectivity index (χ2n) is 5.47. The van der Waals surface area contributed by atoms with E-state index in [1.807, 2.05) is 0 Å². The highest BCUT2D eigenvalue weighted by Gasteiger charge is 2.07. The molecule has 0 unspecified atom stereocenters. The molecular weight excluding hydrogens is 321 g/mol. The fourth-order valence-electron chi connectivity index (χ4n) is 2.35. The number of amides is 1. The third-order valence-electron chi connectivity index (χ3n) is 3.55. The smallest absolute Gasteiger partial charge is 0.248 e. The quantitative estimate of drug-likeness (QED) is 0.726. The molecule has 0 spiro atoms. The van der Waals surface area contributed by atoms with Crippen molar-refractivity contribution >= 4 is 5.91 Å². The van der Waals surface area contributed by atoms with Gasteiger partial charge in [0.25, 0.3) is 0 Å². The lowest BCUT2D eigenvalue weighted by Gasteiger charge is -2.10. The van der Waals surface area contributed by atoms with Crippen LogP contribution in [0.15, 0.2) is 66.7 Å². The Labute approximate surface area is 144 Å². The van der Waals surface area contributed by atoms with Crippen molar-refractivity contribution in [2.45, 2.75) is 6.92 Å². The zero-order valence-electron chi connectivity index (χ0n) is 13.5. The van der Waals surface area contributed by atoms with Gasteiger partial charge in [-0.1, -0.05) is 6.07 Å². The summed E-state index contributed by atoms with van der Waals surface area (Å²) < 4.78 is 24.4. The molecule has 0 aromatic heterocycles. The summed E-state index contributed by atoms with van der Waals surface area (Å²) in [5.74, 6) is 1.46. The van der Waals surface area contributed by atoms with Gasteiger partial charge in [-0.2, -0.15) is 0 Å². The first kappa shape index (κ1) is 16.5. The first-order valence-corrected chi connectivity index (χ1v) is 7.63. The lowest BCUT2D eigenvalue weighted by Crippen LogP contribution is -2.12. The molecular formula is C20H16FNO3. The largest absolute Gasteiger partial charge is 0.457 e. The van der Waals surface area contributed by atoms with Crippen molar-refractivity contribution < 1.29 is 18.7 Å². The maximum absolute atomic E-state index is 12.9. The average molecular weight is 337 g/mol. The van der Waals surface area contributed by atoms with E-state index in [-0.39, 0.29) is 5.82 Å². The summed E-state index contributed by atoms with van der Waals surface area (Å²) in [4.78, 5) is 11.3. The second-order valence-corrected chi connectivity index (χ2v) is 5.47. The molecule has 0 fully saturated rings. The van der Waals surface area contributed by atoms with E-state index in [0.717, 1.165) is 5.56 Å². The molecule has 1 amide bonds. The van der Waals surface area contributed by atoms with E-state index in [0.29, 0.717) is 28.6 Å². The number of ether oxygens (including phenoxy) is 2. The number of benzene rings is 3. The van der Waals surface area contributed by atoms with Crippen molar-refractivity contribution in [2.24, 2.45) is 5.73 Å². The van der Waals surface area contributed by atoms with Crippen molar-refractivity contribution in [1.29, 1.82) is 0 Å². The molecule has 4 nitrogen and oxygen atoms in total. The molecule has 126 valence electrons. The SMILES string of the molecule is Cc1cc(Oc2cccc(Oc3ccc(F)cc3)c2)ccc1C(N)=O. The van der Waals surface area contributed by atoms with Gasteiger partial charge >= 0.3 is 0 Å². The molecule has 0 aliphatic heterocycles. The third-order valence-corrected chi connectivity index (χ3v) is 3.55. The molecule has 0 heterocycles. The topological polar surface area (TPSA) is 61.6 Å². The zero-order valence-corrected chi connectivity index (χ0v) is 13.5. The summed E-state index contributed by atoms with van der Waals surface area (Å²) in [5, 5.41) is 0. The summed E-state index contributed by atoms with van der Waals surface area (Å²) in [7, 11) is 0. The third kappa shape index (κ3) is 4.14. The molecule has 3 aromatic carbocycles. The van der Waals surface area contributed by atoms with Crippen LogP contribution >= 0.6 is 0 Å². The number of carbonyl (C=O) groups excluding carboxylic acids is 1. The van der Waals surface area contributed by atoms with Gasteiger partial charge < -0.3 is 15.2 Å². The minimum atomic E-state index is -0.473. The van der Waals surface area contributed by atoms with Gasteiger partial charge in [0, 0.05) is 11.6 Å². The van der Waals surface area contributed by atoms with E-state index in [9.17, 15) is 9.18 Å². The van der Waals surface area contributed by atoms with Crippen LogP contribution in [-0.4, -0.2) is 5.91 Å². The molecule has 25 heavy (non-hydrogen) atoms. The Bertz CT molecular complexity index is 907. The minimum absolute atomic E-state index is 0.320. The van der Waals surface area contributed by atoms with Crippen LogP contribution in [0.3, 0.4) is 0 Å². The second kappa shape index (κ2) is 7.05. The normalized spacial score (nSPS) is 10.3. The number of hydrogen-bond donors (Lipinski definition) is 1. The molecule has 0 aliphatic rings. The zero-order chi connectivity index (χ0) is 17.8. The molecule has 0 aliphatic carbocycles. The monoisotopic (exact) mass is 337 g/mol. The summed E-state index contributed by atoms with van der Waals surface area (Å²) in [5.41, 5.74) is 6.50. The van der Waals surface area contributed by atoms with Crippen molar-refractivity contribution in [3.63, 3.8) is 0 Å². The van der Waals surface area contributed by atoms with Gasteiger partial charge in [0.2, 0.25) is 5.91 Å². The van der Waals surface area contributed by atoms with E-state index in [1.165, 1.54) is 12.1 Å². The van der Waals surface area contributed by atoms with E-state index in [4.69, 9.17) is 15.2 Å². The highest BCUT2D eigenvalue weighted by atomic mass is 19.1. The van der Waals surface area contributed by atoms with Crippen molar-refractivity contribution in [1.82, 2.24) is 0 Å². The molecule has 3 rings (SSSR count). The van der Waals surface area contributed by atoms with Crippen molar-refractivity contribution in [3.8, 4) is 23.0 Å². The predicted molar refractivity (Wildman–Crippen MR) is 92.7 cm³/mol. The summed E-state index contributed by atoms with van der Waals surface area (Å²) >= 11 is 0. The van der Waals surface area contributed by atoms with Crippen LogP contribution in [0.4, 0.5) is 4.39 Å². The molecule has 0 atom stereocenters. The van der Waals surface area contributed by atoms with Gasteiger partial charge in [0.05, 0.1) is 0 Å². The first-order chi connectivity index (χ1) is 12.0. The summed E-state index contributed by atoms with van der Waals surface area (Å²) in [6.45, 7) is 1.79. The minimum Gasteiger partial charge on any atom is -0.457 e. The van der Waals surface area contributed by atoms with Crippen molar-refractivity contribution in [3.05, 3.63) is 83.7 Å². The lowest BCUT2D eigenvalue weighted by atomic mass is 10.1. The lowest BCUT2D eigenvalue weighted by molar-refractivity contribution is 0.0999. The fourth-order valence-corrected chi connectivity index (χ4v) is 2.35. The maximum Gasteiger partial charge on any atom is 0.248 e. The standard InChI is InChI=1S/C20H16FNO3/c1-13-11-18(9-10-19(13)20(22)23)25-17-4-2-3-16(12-17)24-15-7-5-14(21)6-8-15/h2-12H,1H3,(H2,22,23). The molecule has 0 saturated heterocycles. The maximum atomic E-state index is 12.9. The highest BCUT2D eigenvalue weighted by molar-refractivity contribution is 5.94. The summed E-state index contributed by atoms with van der Waals surface area (Å²) in [6.07, 6.45) is 0. The number of carbonyl (C=O) groups is 1. The molecule has 5 heteroatoms. The number of rotatable bonds is 5. The number of halogens is 1. The van der Waals surface area contributed by atoms with Gasteiger partial charge in [-0.3, -0.25) is 4.79 Å². The van der Waals surface area contributed by atoms with Gasteiger partial charge in [-0.05, 0) is 67.1 Å². The van der Waals surface area contributed by atoms with Crippen LogP contribution in [0.5, 0.6) is 23.0 Å². The van der Waals surface area contributed by atoms with Gasteiger partial charge in [-0.25, -0.2) is 4.39 Å². The van der Waals surface area contributed by atoms with E-state index in [2.05, 4.69) is 0 Å². The number of hydrogen-bond acceptors (Lipinski definition) is 3. The summed E-state index contributed by atoms with van der Waals surface area (Å²) in [6, 6.07) is 17.9. The Morgan fingerprint density at radius 2 is 1.40 bits per heavy atom. The van der Waals surface area contributed by atoms with Crippen LogP contribution in [0, 0.1) is 12.7 Å². The highest BCUT2D eigenvalue weighted by Crippen LogP contribution is 2.29. The molecule has 2 N–H and O–H groups in total. The molecule has 0 saturated carbocycles. The van der Waals surface area contributed by atoms with Gasteiger partial charge in [0.1, 0.15) is 28.8 Å². The average Bonchev–Trinajstić information content (AvgIpc) is 2.57. The van der Waals surface area contributed by atoms with Crippen LogP contribution in [0.2, 0.25) is 0 Å². The first-order valence-electron chi connectivity index (χ1n) is 7.63. The van der Waals surface area contributed by atoms with Gasteiger partial charge in [0.15, 0.2) is 0 Å². The predicted octanol–water partition coefficient (Wildman–Crippen LogP) is 4.82. The van der Waals surface area contributed by atoms with E-state index >= 15 is 0 Å². The van der Waals surface area contributed by atoms with Crippen LogP contribution < -0.4 is 15.2 Å².